The quantitative estimate of drug-likeness (QED) is 0.725. The average Bonchev–Trinajstić information content (AvgIpc) is 3.03. The zero-order valence-electron chi connectivity index (χ0n) is 12.0. The zero-order chi connectivity index (χ0) is 13.5. The maximum Gasteiger partial charge on any atom is 0.105 e. The SMILES string of the molecule is COCCNCc1cnc(C)n1CCC1CCCO1. The van der Waals surface area contributed by atoms with Crippen molar-refractivity contribution < 1.29 is 9.47 Å². The van der Waals surface area contributed by atoms with Crippen molar-refractivity contribution in [1.29, 1.82) is 0 Å². The standard InChI is InChI=1S/C14H25N3O2/c1-12-16-11-13(10-15-6-9-18-2)17(12)7-5-14-4-3-8-19-14/h11,14-15H,3-10H2,1-2H3. The van der Waals surface area contributed by atoms with Gasteiger partial charge in [0.05, 0.1) is 18.4 Å². The fourth-order valence-corrected chi connectivity index (χ4v) is 2.50. The highest BCUT2D eigenvalue weighted by atomic mass is 16.5. The first kappa shape index (κ1) is 14.5. The number of hydrogen-bond donors (Lipinski definition) is 1. The fraction of sp³-hybridized carbons (Fsp3) is 0.786. The number of rotatable bonds is 8. The van der Waals surface area contributed by atoms with E-state index in [9.17, 15) is 0 Å². The third-order valence-electron chi connectivity index (χ3n) is 3.63. The molecule has 0 bridgehead atoms. The number of aromatic nitrogens is 2. The molecule has 0 aromatic carbocycles. The summed E-state index contributed by atoms with van der Waals surface area (Å²) in [7, 11) is 1.72. The van der Waals surface area contributed by atoms with Gasteiger partial charge in [0.25, 0.3) is 0 Å². The summed E-state index contributed by atoms with van der Waals surface area (Å²) in [6, 6.07) is 0. The van der Waals surface area contributed by atoms with Crippen LogP contribution < -0.4 is 5.32 Å². The molecule has 0 spiro atoms. The Morgan fingerprint density at radius 2 is 2.47 bits per heavy atom. The number of nitrogens with one attached hydrogen (secondary N) is 1. The van der Waals surface area contributed by atoms with Crippen molar-refractivity contribution in [3.8, 4) is 0 Å². The largest absolute Gasteiger partial charge is 0.383 e. The molecule has 0 amide bonds. The summed E-state index contributed by atoms with van der Waals surface area (Å²) in [6.07, 6.45) is 5.90. The molecule has 1 aliphatic heterocycles. The van der Waals surface area contributed by atoms with Gasteiger partial charge in [-0.1, -0.05) is 0 Å². The first-order chi connectivity index (χ1) is 9.31. The topological polar surface area (TPSA) is 48.3 Å². The fourth-order valence-electron chi connectivity index (χ4n) is 2.50. The van der Waals surface area contributed by atoms with Crippen LogP contribution in [0.25, 0.3) is 0 Å². The molecule has 5 heteroatoms. The average molecular weight is 267 g/mol. The van der Waals surface area contributed by atoms with Gasteiger partial charge in [-0.2, -0.15) is 0 Å². The number of ether oxygens (including phenoxy) is 2. The van der Waals surface area contributed by atoms with E-state index in [-0.39, 0.29) is 0 Å². The lowest BCUT2D eigenvalue weighted by molar-refractivity contribution is 0.1000. The summed E-state index contributed by atoms with van der Waals surface area (Å²) < 4.78 is 13.0. The van der Waals surface area contributed by atoms with Gasteiger partial charge in [0.15, 0.2) is 0 Å². The summed E-state index contributed by atoms with van der Waals surface area (Å²) in [5, 5.41) is 3.37. The Bertz CT molecular complexity index is 373. The first-order valence-electron chi connectivity index (χ1n) is 7.13. The second-order valence-electron chi connectivity index (χ2n) is 5.04. The Balaban J connectivity index is 1.82. The van der Waals surface area contributed by atoms with E-state index in [1.807, 2.05) is 6.20 Å². The van der Waals surface area contributed by atoms with Crippen molar-refractivity contribution in [2.24, 2.45) is 0 Å². The van der Waals surface area contributed by atoms with Crippen LogP contribution in [-0.4, -0.2) is 42.5 Å². The predicted molar refractivity (Wildman–Crippen MR) is 74.1 cm³/mol. The molecule has 0 saturated carbocycles. The van der Waals surface area contributed by atoms with Crippen LogP contribution in [0.5, 0.6) is 0 Å². The molecule has 1 unspecified atom stereocenters. The van der Waals surface area contributed by atoms with E-state index in [0.717, 1.165) is 45.1 Å². The number of methoxy groups -OCH3 is 1. The molecular weight excluding hydrogens is 242 g/mol. The Labute approximate surface area is 115 Å². The molecule has 1 aliphatic rings. The van der Waals surface area contributed by atoms with Crippen LogP contribution in [-0.2, 0) is 22.6 Å². The number of nitrogens with zero attached hydrogens (tertiary/aromatic N) is 2. The van der Waals surface area contributed by atoms with E-state index < -0.39 is 0 Å². The molecule has 1 aromatic rings. The Morgan fingerprint density at radius 3 is 3.21 bits per heavy atom. The molecular formula is C14H25N3O2. The van der Waals surface area contributed by atoms with Gasteiger partial charge in [-0.15, -0.1) is 0 Å². The second kappa shape index (κ2) is 7.62. The van der Waals surface area contributed by atoms with E-state index in [0.29, 0.717) is 6.10 Å². The summed E-state index contributed by atoms with van der Waals surface area (Å²) in [4.78, 5) is 4.41. The Morgan fingerprint density at radius 1 is 1.58 bits per heavy atom. The van der Waals surface area contributed by atoms with Crippen LogP contribution in [0.4, 0.5) is 0 Å². The molecule has 19 heavy (non-hydrogen) atoms. The van der Waals surface area contributed by atoms with E-state index in [2.05, 4.69) is 21.8 Å². The van der Waals surface area contributed by atoms with Gasteiger partial charge in [-0.25, -0.2) is 4.98 Å². The number of hydrogen-bond acceptors (Lipinski definition) is 4. The van der Waals surface area contributed by atoms with Gasteiger partial charge < -0.3 is 19.4 Å². The van der Waals surface area contributed by atoms with Gasteiger partial charge in [0.2, 0.25) is 0 Å². The van der Waals surface area contributed by atoms with E-state index in [4.69, 9.17) is 9.47 Å². The van der Waals surface area contributed by atoms with Gasteiger partial charge in [0.1, 0.15) is 5.82 Å². The van der Waals surface area contributed by atoms with Crippen molar-refractivity contribution >= 4 is 0 Å². The van der Waals surface area contributed by atoms with Gasteiger partial charge in [-0.3, -0.25) is 0 Å². The molecule has 1 fully saturated rings. The van der Waals surface area contributed by atoms with Crippen molar-refractivity contribution in [2.75, 3.05) is 26.9 Å². The van der Waals surface area contributed by atoms with Crippen LogP contribution in [0.3, 0.4) is 0 Å². The van der Waals surface area contributed by atoms with Crippen LogP contribution in [0, 0.1) is 6.92 Å². The van der Waals surface area contributed by atoms with Gasteiger partial charge in [0, 0.05) is 39.5 Å². The molecule has 2 heterocycles. The maximum atomic E-state index is 5.68. The predicted octanol–water partition coefficient (Wildman–Crippen LogP) is 1.50. The van der Waals surface area contributed by atoms with E-state index in [1.54, 1.807) is 7.11 Å². The third-order valence-corrected chi connectivity index (χ3v) is 3.63. The molecule has 1 saturated heterocycles. The molecule has 108 valence electrons. The van der Waals surface area contributed by atoms with Crippen LogP contribution in [0.2, 0.25) is 0 Å². The third kappa shape index (κ3) is 4.30. The molecule has 0 radical (unpaired) electrons. The number of imidazole rings is 1. The van der Waals surface area contributed by atoms with Crippen LogP contribution in [0.15, 0.2) is 6.20 Å². The minimum atomic E-state index is 0.441. The summed E-state index contributed by atoms with van der Waals surface area (Å²) in [5.74, 6) is 1.08. The molecule has 2 rings (SSSR count). The molecule has 5 nitrogen and oxygen atoms in total. The molecule has 1 aromatic heterocycles. The van der Waals surface area contributed by atoms with Crippen molar-refractivity contribution in [1.82, 2.24) is 14.9 Å². The highest BCUT2D eigenvalue weighted by molar-refractivity contribution is 5.04. The molecule has 1 N–H and O–H groups in total. The normalized spacial score (nSPS) is 19.2. The highest BCUT2D eigenvalue weighted by Crippen LogP contribution is 2.17. The van der Waals surface area contributed by atoms with Crippen LogP contribution in [0.1, 0.15) is 30.8 Å². The van der Waals surface area contributed by atoms with Gasteiger partial charge >= 0.3 is 0 Å². The zero-order valence-corrected chi connectivity index (χ0v) is 12.0. The van der Waals surface area contributed by atoms with Gasteiger partial charge in [-0.05, 0) is 26.2 Å². The smallest absolute Gasteiger partial charge is 0.105 e. The van der Waals surface area contributed by atoms with E-state index >= 15 is 0 Å². The van der Waals surface area contributed by atoms with Crippen molar-refractivity contribution in [3.05, 3.63) is 17.7 Å². The Kier molecular flexibility index (Phi) is 5.82. The lowest BCUT2D eigenvalue weighted by atomic mass is 10.2. The Hall–Kier alpha value is -0.910. The highest BCUT2D eigenvalue weighted by Gasteiger charge is 2.16. The molecule has 1 atom stereocenters. The minimum absolute atomic E-state index is 0.441. The molecule has 0 aliphatic carbocycles. The summed E-state index contributed by atoms with van der Waals surface area (Å²) >= 11 is 0. The van der Waals surface area contributed by atoms with Crippen molar-refractivity contribution in [2.45, 2.75) is 45.4 Å². The first-order valence-corrected chi connectivity index (χ1v) is 7.13. The minimum Gasteiger partial charge on any atom is -0.383 e. The van der Waals surface area contributed by atoms with Crippen molar-refractivity contribution in [3.63, 3.8) is 0 Å². The second-order valence-corrected chi connectivity index (χ2v) is 5.04. The van der Waals surface area contributed by atoms with E-state index in [1.165, 1.54) is 18.5 Å². The monoisotopic (exact) mass is 267 g/mol. The summed E-state index contributed by atoms with van der Waals surface area (Å²) in [6.45, 7) is 6.44. The van der Waals surface area contributed by atoms with Crippen LogP contribution >= 0.6 is 0 Å². The summed E-state index contributed by atoms with van der Waals surface area (Å²) in [5.41, 5.74) is 1.24. The lowest BCUT2D eigenvalue weighted by Gasteiger charge is -2.14. The lowest BCUT2D eigenvalue weighted by Crippen LogP contribution is -2.21. The maximum absolute atomic E-state index is 5.68. The number of aryl methyl sites for hydroxylation is 1.